The van der Waals surface area contributed by atoms with E-state index in [1.807, 2.05) is 6.08 Å². The fraction of sp³-hybridized carbons (Fsp3) is 0.643. The Hall–Kier alpha value is -1.25. The van der Waals surface area contributed by atoms with Crippen LogP contribution in [-0.4, -0.2) is 23.5 Å². The van der Waals surface area contributed by atoms with Crippen LogP contribution in [0.5, 0.6) is 0 Å². The molecule has 17 heavy (non-hydrogen) atoms. The number of amides is 1. The standard InChI is InChI=1S/C14H23NO2/c1-10(2)7-6-8-14(16)15-12(5)17-9-13(15)11(3)4/h6,8,10-11,13H,5,7,9H2,1-4H3/b8-6+/t13-/m1/s1. The van der Waals surface area contributed by atoms with Crippen molar-refractivity contribution in [3.63, 3.8) is 0 Å². The first-order valence-corrected chi connectivity index (χ1v) is 6.25. The minimum absolute atomic E-state index is 0.0214. The lowest BCUT2D eigenvalue weighted by molar-refractivity contribution is -0.126. The van der Waals surface area contributed by atoms with Crippen LogP contribution in [0.4, 0.5) is 0 Å². The van der Waals surface area contributed by atoms with Crippen LogP contribution in [0.1, 0.15) is 34.1 Å². The van der Waals surface area contributed by atoms with Gasteiger partial charge in [0.15, 0.2) is 5.88 Å². The van der Waals surface area contributed by atoms with Gasteiger partial charge in [0.05, 0.1) is 6.04 Å². The molecule has 0 aliphatic carbocycles. The van der Waals surface area contributed by atoms with Crippen molar-refractivity contribution in [1.82, 2.24) is 4.90 Å². The molecule has 1 amide bonds. The lowest BCUT2D eigenvalue weighted by Gasteiger charge is -2.23. The minimum Gasteiger partial charge on any atom is -0.477 e. The molecule has 3 heteroatoms. The molecule has 0 saturated carbocycles. The van der Waals surface area contributed by atoms with E-state index in [2.05, 4.69) is 34.3 Å². The van der Waals surface area contributed by atoms with Crippen LogP contribution in [0.3, 0.4) is 0 Å². The molecule has 0 spiro atoms. The summed E-state index contributed by atoms with van der Waals surface area (Å²) in [6.07, 6.45) is 4.48. The zero-order chi connectivity index (χ0) is 13.0. The highest BCUT2D eigenvalue weighted by atomic mass is 16.5. The molecule has 0 aromatic rings. The van der Waals surface area contributed by atoms with Gasteiger partial charge in [-0.15, -0.1) is 0 Å². The normalized spacial score (nSPS) is 20.7. The number of hydrogen-bond donors (Lipinski definition) is 0. The van der Waals surface area contributed by atoms with E-state index >= 15 is 0 Å². The van der Waals surface area contributed by atoms with E-state index < -0.39 is 0 Å². The van der Waals surface area contributed by atoms with Gasteiger partial charge in [-0.25, -0.2) is 0 Å². The summed E-state index contributed by atoms with van der Waals surface area (Å²) >= 11 is 0. The summed E-state index contributed by atoms with van der Waals surface area (Å²) in [4.78, 5) is 13.7. The van der Waals surface area contributed by atoms with Gasteiger partial charge < -0.3 is 4.74 Å². The van der Waals surface area contributed by atoms with Gasteiger partial charge in [0.25, 0.3) is 5.91 Å². The largest absolute Gasteiger partial charge is 0.477 e. The quantitative estimate of drug-likeness (QED) is 0.704. The molecular formula is C14H23NO2. The van der Waals surface area contributed by atoms with E-state index in [1.54, 1.807) is 11.0 Å². The number of rotatable bonds is 4. The Bertz CT molecular complexity index is 318. The summed E-state index contributed by atoms with van der Waals surface area (Å²) in [5.41, 5.74) is 0. The molecule has 1 heterocycles. The van der Waals surface area contributed by atoms with E-state index in [9.17, 15) is 4.79 Å². The summed E-state index contributed by atoms with van der Waals surface area (Å²) in [5.74, 6) is 1.39. The minimum atomic E-state index is -0.0214. The predicted octanol–water partition coefficient (Wildman–Crippen LogP) is 2.94. The SMILES string of the molecule is C=C1OC[C@H](C(C)C)N1C(=O)/C=C/CC(C)C. The smallest absolute Gasteiger partial charge is 0.253 e. The summed E-state index contributed by atoms with van der Waals surface area (Å²) in [5, 5.41) is 0. The van der Waals surface area contributed by atoms with Crippen LogP contribution in [0.15, 0.2) is 24.6 Å². The third kappa shape index (κ3) is 3.62. The molecule has 0 N–H and O–H groups in total. The first kappa shape index (κ1) is 13.8. The second-order valence-corrected chi connectivity index (χ2v) is 5.26. The Morgan fingerprint density at radius 2 is 2.18 bits per heavy atom. The zero-order valence-corrected chi connectivity index (χ0v) is 11.3. The van der Waals surface area contributed by atoms with Gasteiger partial charge in [-0.05, 0) is 30.9 Å². The van der Waals surface area contributed by atoms with Crippen molar-refractivity contribution in [3.8, 4) is 0 Å². The molecule has 1 rings (SSSR count). The van der Waals surface area contributed by atoms with E-state index in [0.717, 1.165) is 6.42 Å². The topological polar surface area (TPSA) is 29.5 Å². The molecule has 0 aromatic heterocycles. The molecular weight excluding hydrogens is 214 g/mol. The van der Waals surface area contributed by atoms with Crippen molar-refractivity contribution in [2.24, 2.45) is 11.8 Å². The molecule has 0 bridgehead atoms. The molecule has 0 radical (unpaired) electrons. The van der Waals surface area contributed by atoms with Gasteiger partial charge in [-0.2, -0.15) is 0 Å². The van der Waals surface area contributed by atoms with Crippen LogP contribution < -0.4 is 0 Å². The van der Waals surface area contributed by atoms with Gasteiger partial charge in [0, 0.05) is 0 Å². The zero-order valence-electron chi connectivity index (χ0n) is 11.3. The molecule has 3 nitrogen and oxygen atoms in total. The number of carbonyl (C=O) groups excluding carboxylic acids is 1. The summed E-state index contributed by atoms with van der Waals surface area (Å²) in [6.45, 7) is 12.8. The van der Waals surface area contributed by atoms with Crippen LogP contribution in [-0.2, 0) is 9.53 Å². The van der Waals surface area contributed by atoms with E-state index in [1.165, 1.54) is 0 Å². The highest BCUT2D eigenvalue weighted by molar-refractivity contribution is 5.89. The third-order valence-corrected chi connectivity index (χ3v) is 2.90. The molecule has 1 atom stereocenters. The fourth-order valence-corrected chi connectivity index (χ4v) is 1.81. The van der Waals surface area contributed by atoms with Gasteiger partial charge in [0.1, 0.15) is 6.61 Å². The van der Waals surface area contributed by atoms with Crippen LogP contribution >= 0.6 is 0 Å². The maximum absolute atomic E-state index is 12.1. The van der Waals surface area contributed by atoms with Crippen LogP contribution in [0, 0.1) is 11.8 Å². The van der Waals surface area contributed by atoms with E-state index in [4.69, 9.17) is 4.74 Å². The van der Waals surface area contributed by atoms with E-state index in [-0.39, 0.29) is 11.9 Å². The lowest BCUT2D eigenvalue weighted by Crippen LogP contribution is -2.37. The van der Waals surface area contributed by atoms with Gasteiger partial charge in [-0.1, -0.05) is 33.8 Å². The summed E-state index contributed by atoms with van der Waals surface area (Å²) in [6, 6.07) is 0.110. The van der Waals surface area contributed by atoms with Crippen molar-refractivity contribution < 1.29 is 9.53 Å². The summed E-state index contributed by atoms with van der Waals surface area (Å²) < 4.78 is 5.36. The van der Waals surface area contributed by atoms with Crippen molar-refractivity contribution in [2.45, 2.75) is 40.2 Å². The van der Waals surface area contributed by atoms with Crippen molar-refractivity contribution >= 4 is 5.91 Å². The maximum Gasteiger partial charge on any atom is 0.253 e. The predicted molar refractivity (Wildman–Crippen MR) is 69.2 cm³/mol. The number of ether oxygens (including phenoxy) is 1. The Morgan fingerprint density at radius 1 is 1.53 bits per heavy atom. The molecule has 1 saturated heterocycles. The Balaban J connectivity index is 2.66. The second kappa shape index (κ2) is 5.89. The fourth-order valence-electron chi connectivity index (χ4n) is 1.81. The molecule has 1 aliphatic heterocycles. The van der Waals surface area contributed by atoms with Gasteiger partial charge in [0.2, 0.25) is 0 Å². The lowest BCUT2D eigenvalue weighted by atomic mass is 10.0. The number of hydrogen-bond acceptors (Lipinski definition) is 2. The Labute approximate surface area is 104 Å². The highest BCUT2D eigenvalue weighted by Crippen LogP contribution is 2.24. The number of allylic oxidation sites excluding steroid dienone is 1. The first-order chi connectivity index (χ1) is 7.93. The highest BCUT2D eigenvalue weighted by Gasteiger charge is 2.34. The van der Waals surface area contributed by atoms with Gasteiger partial charge >= 0.3 is 0 Å². The number of nitrogens with zero attached hydrogens (tertiary/aromatic N) is 1. The van der Waals surface area contributed by atoms with E-state index in [0.29, 0.717) is 24.3 Å². The molecule has 1 fully saturated rings. The van der Waals surface area contributed by atoms with Crippen molar-refractivity contribution in [2.75, 3.05) is 6.61 Å². The second-order valence-electron chi connectivity index (χ2n) is 5.26. The van der Waals surface area contributed by atoms with Crippen molar-refractivity contribution in [3.05, 3.63) is 24.6 Å². The molecule has 0 aromatic carbocycles. The average Bonchev–Trinajstić information content (AvgIpc) is 2.59. The number of carbonyl (C=O) groups is 1. The first-order valence-electron chi connectivity index (χ1n) is 6.25. The monoisotopic (exact) mass is 237 g/mol. The van der Waals surface area contributed by atoms with Gasteiger partial charge in [-0.3, -0.25) is 9.69 Å². The maximum atomic E-state index is 12.1. The molecule has 0 unspecified atom stereocenters. The molecule has 96 valence electrons. The van der Waals surface area contributed by atoms with Crippen molar-refractivity contribution in [1.29, 1.82) is 0 Å². The molecule has 1 aliphatic rings. The Morgan fingerprint density at radius 3 is 2.71 bits per heavy atom. The van der Waals surface area contributed by atoms with Crippen LogP contribution in [0.25, 0.3) is 0 Å². The van der Waals surface area contributed by atoms with Crippen LogP contribution in [0.2, 0.25) is 0 Å². The summed E-state index contributed by atoms with van der Waals surface area (Å²) in [7, 11) is 0. The average molecular weight is 237 g/mol. The Kier molecular flexibility index (Phi) is 4.79. The third-order valence-electron chi connectivity index (χ3n) is 2.90.